The Kier molecular flexibility index (Phi) is 6.74. The molecule has 2 amide bonds. The minimum atomic E-state index is -0.505. The zero-order valence-corrected chi connectivity index (χ0v) is 8.80. The van der Waals surface area contributed by atoms with Crippen LogP contribution in [0.3, 0.4) is 0 Å². The second kappa shape index (κ2) is 7.32. The fraction of sp³-hybridized carbons (Fsp3) is 0.778. The lowest BCUT2D eigenvalue weighted by atomic mass is 10.2. The smallest absolute Gasteiger partial charge is 0.239 e. The van der Waals surface area contributed by atoms with Gasteiger partial charge in [0.2, 0.25) is 11.8 Å². The van der Waals surface area contributed by atoms with Crippen LogP contribution >= 0.6 is 0 Å². The van der Waals surface area contributed by atoms with Gasteiger partial charge < -0.3 is 16.4 Å². The van der Waals surface area contributed by atoms with Crippen LogP contribution in [0.25, 0.3) is 0 Å². The Morgan fingerprint density at radius 1 is 1.29 bits per heavy atom. The quantitative estimate of drug-likeness (QED) is 0.535. The molecule has 0 radical (unpaired) electrons. The molecule has 0 aliphatic carbocycles. The Bertz CT molecular complexity index is 194. The minimum absolute atomic E-state index is 0.00406. The molecule has 0 rings (SSSR count). The predicted octanol–water partition coefficient (Wildman–Crippen LogP) is -0.634. The van der Waals surface area contributed by atoms with Crippen molar-refractivity contribution in [2.24, 2.45) is 5.73 Å². The number of nitrogens with one attached hydrogen (secondary N) is 2. The normalized spacial score (nSPS) is 11.9. The highest BCUT2D eigenvalue weighted by molar-refractivity contribution is 5.87. The molecule has 0 saturated heterocycles. The van der Waals surface area contributed by atoms with Gasteiger partial charge in [0.25, 0.3) is 0 Å². The van der Waals surface area contributed by atoms with E-state index in [0.717, 1.165) is 6.42 Å². The molecule has 0 aromatic heterocycles. The largest absolute Gasteiger partial charge is 0.355 e. The number of likely N-dealkylation sites (N-methyl/N-ethyl adjacent to an activating group) is 1. The van der Waals surface area contributed by atoms with E-state index in [-0.39, 0.29) is 18.4 Å². The van der Waals surface area contributed by atoms with Crippen LogP contribution in [0.15, 0.2) is 0 Å². The van der Waals surface area contributed by atoms with Gasteiger partial charge in [0, 0.05) is 6.54 Å². The van der Waals surface area contributed by atoms with Crippen LogP contribution in [-0.2, 0) is 9.59 Å². The van der Waals surface area contributed by atoms with Crippen LogP contribution in [-0.4, -0.2) is 30.9 Å². The molecule has 5 nitrogen and oxygen atoms in total. The molecular formula is C9H19N3O2. The molecule has 0 heterocycles. The highest BCUT2D eigenvalue weighted by Crippen LogP contribution is 1.92. The van der Waals surface area contributed by atoms with E-state index in [9.17, 15) is 9.59 Å². The summed E-state index contributed by atoms with van der Waals surface area (Å²) in [7, 11) is 0. The molecule has 0 aliphatic heterocycles. The van der Waals surface area contributed by atoms with Crippen molar-refractivity contribution in [1.82, 2.24) is 10.6 Å². The lowest BCUT2D eigenvalue weighted by molar-refractivity contribution is -0.126. The van der Waals surface area contributed by atoms with Gasteiger partial charge in [-0.3, -0.25) is 9.59 Å². The topological polar surface area (TPSA) is 84.2 Å². The summed E-state index contributed by atoms with van der Waals surface area (Å²) >= 11 is 0. The standard InChI is InChI=1S/C9H19N3O2/c1-3-5-7(10)9(14)12-6-8(13)11-4-2/h7H,3-6,10H2,1-2H3,(H,11,13)(H,12,14). The average molecular weight is 201 g/mol. The molecule has 0 aromatic carbocycles. The lowest BCUT2D eigenvalue weighted by Crippen LogP contribution is -2.44. The van der Waals surface area contributed by atoms with Crippen LogP contribution in [0, 0.1) is 0 Å². The summed E-state index contributed by atoms with van der Waals surface area (Å²) in [4.78, 5) is 22.2. The molecule has 0 saturated carbocycles. The first-order valence-corrected chi connectivity index (χ1v) is 4.91. The summed E-state index contributed by atoms with van der Waals surface area (Å²) in [5, 5.41) is 5.05. The molecule has 5 heteroatoms. The van der Waals surface area contributed by atoms with Crippen molar-refractivity contribution in [2.45, 2.75) is 32.7 Å². The van der Waals surface area contributed by atoms with E-state index < -0.39 is 6.04 Å². The summed E-state index contributed by atoms with van der Waals surface area (Å²) in [6.45, 7) is 4.35. The number of carbonyl (C=O) groups excluding carboxylic acids is 2. The van der Waals surface area contributed by atoms with Gasteiger partial charge in [-0.15, -0.1) is 0 Å². The van der Waals surface area contributed by atoms with Gasteiger partial charge in [-0.05, 0) is 13.3 Å². The third-order valence-electron chi connectivity index (χ3n) is 1.73. The molecule has 4 N–H and O–H groups in total. The number of rotatable bonds is 6. The molecule has 1 atom stereocenters. The Labute approximate surface area is 84.4 Å². The van der Waals surface area contributed by atoms with Gasteiger partial charge in [0.15, 0.2) is 0 Å². The van der Waals surface area contributed by atoms with Crippen molar-refractivity contribution in [1.29, 1.82) is 0 Å². The van der Waals surface area contributed by atoms with Gasteiger partial charge in [-0.2, -0.15) is 0 Å². The lowest BCUT2D eigenvalue weighted by Gasteiger charge is -2.10. The molecule has 0 aromatic rings. The summed E-state index contributed by atoms with van der Waals surface area (Å²) in [6, 6.07) is -0.505. The average Bonchev–Trinajstić information content (AvgIpc) is 2.15. The Hall–Kier alpha value is -1.10. The van der Waals surface area contributed by atoms with E-state index >= 15 is 0 Å². The molecular weight excluding hydrogens is 182 g/mol. The van der Waals surface area contributed by atoms with E-state index in [0.29, 0.717) is 13.0 Å². The zero-order chi connectivity index (χ0) is 11.0. The van der Waals surface area contributed by atoms with Gasteiger partial charge in [-0.25, -0.2) is 0 Å². The number of hydrogen-bond donors (Lipinski definition) is 3. The minimum Gasteiger partial charge on any atom is -0.355 e. The second-order valence-electron chi connectivity index (χ2n) is 3.07. The summed E-state index contributed by atoms with van der Waals surface area (Å²) in [6.07, 6.45) is 1.50. The summed E-state index contributed by atoms with van der Waals surface area (Å²) in [5.74, 6) is -0.456. The fourth-order valence-corrected chi connectivity index (χ4v) is 1.00. The maximum atomic E-state index is 11.2. The number of nitrogens with two attached hydrogens (primary N) is 1. The first-order valence-electron chi connectivity index (χ1n) is 4.91. The van der Waals surface area contributed by atoms with Crippen LogP contribution in [0.2, 0.25) is 0 Å². The molecule has 0 spiro atoms. The van der Waals surface area contributed by atoms with E-state index in [2.05, 4.69) is 10.6 Å². The third kappa shape index (κ3) is 5.53. The van der Waals surface area contributed by atoms with Crippen LogP contribution in [0.4, 0.5) is 0 Å². The van der Waals surface area contributed by atoms with Crippen LogP contribution in [0.1, 0.15) is 26.7 Å². The van der Waals surface area contributed by atoms with Crippen molar-refractivity contribution >= 4 is 11.8 Å². The SMILES string of the molecule is CCCC(N)C(=O)NCC(=O)NCC. The molecule has 82 valence electrons. The van der Waals surface area contributed by atoms with Crippen LogP contribution < -0.4 is 16.4 Å². The van der Waals surface area contributed by atoms with E-state index in [1.807, 2.05) is 13.8 Å². The summed E-state index contributed by atoms with van der Waals surface area (Å²) < 4.78 is 0. The van der Waals surface area contributed by atoms with Gasteiger partial charge in [0.1, 0.15) is 0 Å². The zero-order valence-electron chi connectivity index (χ0n) is 8.80. The monoisotopic (exact) mass is 201 g/mol. The van der Waals surface area contributed by atoms with Crippen molar-refractivity contribution < 1.29 is 9.59 Å². The van der Waals surface area contributed by atoms with E-state index in [4.69, 9.17) is 5.73 Å². The Morgan fingerprint density at radius 3 is 2.43 bits per heavy atom. The van der Waals surface area contributed by atoms with Crippen molar-refractivity contribution in [3.8, 4) is 0 Å². The van der Waals surface area contributed by atoms with Gasteiger partial charge >= 0.3 is 0 Å². The first kappa shape index (κ1) is 12.9. The second-order valence-corrected chi connectivity index (χ2v) is 3.07. The van der Waals surface area contributed by atoms with E-state index in [1.165, 1.54) is 0 Å². The highest BCUT2D eigenvalue weighted by atomic mass is 16.2. The number of hydrogen-bond acceptors (Lipinski definition) is 3. The first-order chi connectivity index (χ1) is 6.61. The van der Waals surface area contributed by atoms with Crippen LogP contribution in [0.5, 0.6) is 0 Å². The highest BCUT2D eigenvalue weighted by Gasteiger charge is 2.12. The van der Waals surface area contributed by atoms with Gasteiger partial charge in [0.05, 0.1) is 12.6 Å². The number of carbonyl (C=O) groups is 2. The Balaban J connectivity index is 3.67. The fourth-order valence-electron chi connectivity index (χ4n) is 1.00. The maximum absolute atomic E-state index is 11.2. The molecule has 1 unspecified atom stereocenters. The van der Waals surface area contributed by atoms with Crippen molar-refractivity contribution in [3.05, 3.63) is 0 Å². The van der Waals surface area contributed by atoms with E-state index in [1.54, 1.807) is 0 Å². The van der Waals surface area contributed by atoms with Gasteiger partial charge in [-0.1, -0.05) is 13.3 Å². The third-order valence-corrected chi connectivity index (χ3v) is 1.73. The summed E-state index contributed by atoms with van der Waals surface area (Å²) in [5.41, 5.74) is 5.54. The maximum Gasteiger partial charge on any atom is 0.239 e. The number of amides is 2. The predicted molar refractivity (Wildman–Crippen MR) is 54.6 cm³/mol. The Morgan fingerprint density at radius 2 is 1.93 bits per heavy atom. The molecule has 0 aliphatic rings. The van der Waals surface area contributed by atoms with Crippen molar-refractivity contribution in [2.75, 3.05) is 13.1 Å². The molecule has 0 bridgehead atoms. The molecule has 14 heavy (non-hydrogen) atoms. The van der Waals surface area contributed by atoms with Crippen molar-refractivity contribution in [3.63, 3.8) is 0 Å². The molecule has 0 fully saturated rings.